The second-order valence-corrected chi connectivity index (χ2v) is 4.36. The van der Waals surface area contributed by atoms with Gasteiger partial charge in [0.15, 0.2) is 0 Å². The highest BCUT2D eigenvalue weighted by Gasteiger charge is 2.25. The van der Waals surface area contributed by atoms with Gasteiger partial charge in [-0.1, -0.05) is 11.2 Å². The van der Waals surface area contributed by atoms with Crippen molar-refractivity contribution in [2.24, 2.45) is 5.11 Å². The molecule has 0 amide bonds. The number of azide groups is 1. The van der Waals surface area contributed by atoms with E-state index in [2.05, 4.69) is 10.0 Å². The molecule has 0 atom stereocenters. The number of nitro benzene ring substituents is 1. The molecule has 7 nitrogen and oxygen atoms in total. The SMILES string of the molecule is CC1(C)C=Cc2cc(N=[N+]=[N-])c([N+](=O)[O-])cc2O1. The molecule has 0 unspecified atom stereocenters. The van der Waals surface area contributed by atoms with E-state index in [4.69, 9.17) is 10.3 Å². The van der Waals surface area contributed by atoms with Crippen LogP contribution < -0.4 is 4.74 Å². The van der Waals surface area contributed by atoms with Gasteiger partial charge >= 0.3 is 0 Å². The van der Waals surface area contributed by atoms with Crippen LogP contribution in [-0.4, -0.2) is 10.5 Å². The lowest BCUT2D eigenvalue weighted by Gasteiger charge is -2.27. The van der Waals surface area contributed by atoms with Crippen LogP contribution in [0.25, 0.3) is 16.5 Å². The minimum atomic E-state index is -0.598. The molecule has 2 rings (SSSR count). The van der Waals surface area contributed by atoms with Crippen LogP contribution in [0.5, 0.6) is 5.75 Å². The lowest BCUT2D eigenvalue weighted by Crippen LogP contribution is -2.27. The van der Waals surface area contributed by atoms with Crippen LogP contribution >= 0.6 is 0 Å². The second kappa shape index (κ2) is 4.05. The molecule has 0 radical (unpaired) electrons. The number of rotatable bonds is 2. The zero-order valence-corrected chi connectivity index (χ0v) is 9.82. The molecule has 0 fully saturated rings. The van der Waals surface area contributed by atoms with E-state index >= 15 is 0 Å². The van der Waals surface area contributed by atoms with Gasteiger partial charge in [0.2, 0.25) is 0 Å². The first-order chi connectivity index (χ1) is 8.43. The third kappa shape index (κ3) is 2.11. The van der Waals surface area contributed by atoms with Gasteiger partial charge in [0.25, 0.3) is 5.69 Å². The average molecular weight is 246 g/mol. The normalized spacial score (nSPS) is 15.2. The average Bonchev–Trinajstić information content (AvgIpc) is 2.28. The van der Waals surface area contributed by atoms with Crippen LogP contribution in [0.1, 0.15) is 19.4 Å². The maximum absolute atomic E-state index is 10.9. The van der Waals surface area contributed by atoms with E-state index in [9.17, 15) is 10.1 Å². The Balaban J connectivity index is 2.62. The van der Waals surface area contributed by atoms with Gasteiger partial charge < -0.3 is 4.74 Å². The molecule has 0 spiro atoms. The highest BCUT2D eigenvalue weighted by molar-refractivity contribution is 5.71. The van der Waals surface area contributed by atoms with E-state index in [-0.39, 0.29) is 11.4 Å². The third-order valence-electron chi connectivity index (χ3n) is 2.49. The van der Waals surface area contributed by atoms with Crippen molar-refractivity contribution in [3.8, 4) is 5.75 Å². The van der Waals surface area contributed by atoms with Crippen molar-refractivity contribution >= 4 is 17.5 Å². The Hall–Kier alpha value is -2.53. The van der Waals surface area contributed by atoms with Gasteiger partial charge in [-0.3, -0.25) is 10.1 Å². The number of nitro groups is 1. The Morgan fingerprint density at radius 1 is 1.50 bits per heavy atom. The quantitative estimate of drug-likeness (QED) is 0.261. The summed E-state index contributed by atoms with van der Waals surface area (Å²) in [5, 5.41) is 14.2. The van der Waals surface area contributed by atoms with Crippen LogP contribution in [0.4, 0.5) is 11.4 Å². The molecule has 18 heavy (non-hydrogen) atoms. The number of hydrogen-bond acceptors (Lipinski definition) is 4. The lowest BCUT2D eigenvalue weighted by atomic mass is 10.0. The molecule has 1 heterocycles. The number of nitrogens with zero attached hydrogens (tertiary/aromatic N) is 4. The Bertz CT molecular complexity index is 601. The van der Waals surface area contributed by atoms with Crippen molar-refractivity contribution in [1.82, 2.24) is 0 Å². The fraction of sp³-hybridized carbons (Fsp3) is 0.273. The van der Waals surface area contributed by atoms with Crippen LogP contribution in [0, 0.1) is 10.1 Å². The smallest absolute Gasteiger partial charge is 0.282 e. The first-order valence-corrected chi connectivity index (χ1v) is 5.19. The van der Waals surface area contributed by atoms with Crippen molar-refractivity contribution in [1.29, 1.82) is 0 Å². The van der Waals surface area contributed by atoms with Gasteiger partial charge in [-0.2, -0.15) is 0 Å². The van der Waals surface area contributed by atoms with Gasteiger partial charge in [-0.15, -0.1) is 0 Å². The fourth-order valence-electron chi connectivity index (χ4n) is 1.67. The van der Waals surface area contributed by atoms with E-state index in [1.165, 1.54) is 12.1 Å². The third-order valence-corrected chi connectivity index (χ3v) is 2.49. The minimum Gasteiger partial charge on any atom is -0.483 e. The van der Waals surface area contributed by atoms with E-state index < -0.39 is 10.5 Å². The van der Waals surface area contributed by atoms with E-state index in [0.717, 1.165) is 0 Å². The molecule has 92 valence electrons. The molecule has 0 bridgehead atoms. The molecular formula is C11H10N4O3. The highest BCUT2D eigenvalue weighted by atomic mass is 16.6. The Morgan fingerprint density at radius 2 is 2.22 bits per heavy atom. The van der Waals surface area contributed by atoms with Gasteiger partial charge in [0.1, 0.15) is 17.0 Å². The van der Waals surface area contributed by atoms with Crippen LogP contribution in [0.3, 0.4) is 0 Å². The molecule has 1 aromatic rings. The Labute approximate surface area is 102 Å². The fourth-order valence-corrected chi connectivity index (χ4v) is 1.67. The number of hydrogen-bond donors (Lipinski definition) is 0. The van der Waals surface area contributed by atoms with Gasteiger partial charge in [0.05, 0.1) is 11.0 Å². The molecular weight excluding hydrogens is 236 g/mol. The maximum atomic E-state index is 10.9. The summed E-state index contributed by atoms with van der Waals surface area (Å²) in [6, 6.07) is 2.73. The van der Waals surface area contributed by atoms with Crippen molar-refractivity contribution in [3.63, 3.8) is 0 Å². The summed E-state index contributed by atoms with van der Waals surface area (Å²) >= 11 is 0. The number of ether oxygens (including phenoxy) is 1. The number of benzene rings is 1. The molecule has 1 aliphatic rings. The molecule has 0 saturated heterocycles. The zero-order chi connectivity index (χ0) is 13.3. The standard InChI is InChI=1S/C11H10N4O3/c1-11(2)4-3-7-5-8(13-14-12)9(15(16)17)6-10(7)18-11/h3-6H,1-2H3. The van der Waals surface area contributed by atoms with Crippen molar-refractivity contribution in [2.45, 2.75) is 19.4 Å². The van der Waals surface area contributed by atoms with E-state index in [1.54, 1.807) is 6.08 Å². The van der Waals surface area contributed by atoms with Gasteiger partial charge in [-0.05, 0) is 31.5 Å². The summed E-state index contributed by atoms with van der Waals surface area (Å²) in [6.07, 6.45) is 3.62. The van der Waals surface area contributed by atoms with Crippen molar-refractivity contribution in [3.05, 3.63) is 44.3 Å². The Kier molecular flexibility index (Phi) is 2.68. The first kappa shape index (κ1) is 11.9. The van der Waals surface area contributed by atoms with Crippen molar-refractivity contribution < 1.29 is 9.66 Å². The molecule has 0 saturated carbocycles. The molecule has 0 N–H and O–H groups in total. The predicted molar refractivity (Wildman–Crippen MR) is 65.6 cm³/mol. The van der Waals surface area contributed by atoms with E-state index in [0.29, 0.717) is 11.3 Å². The summed E-state index contributed by atoms with van der Waals surface area (Å²) in [6.45, 7) is 3.69. The van der Waals surface area contributed by atoms with Gasteiger partial charge in [0, 0.05) is 10.5 Å². The van der Waals surface area contributed by atoms with Crippen LogP contribution in [-0.2, 0) is 0 Å². The lowest BCUT2D eigenvalue weighted by molar-refractivity contribution is -0.384. The van der Waals surface area contributed by atoms with Crippen LogP contribution in [0.2, 0.25) is 0 Å². The second-order valence-electron chi connectivity index (χ2n) is 4.36. The topological polar surface area (TPSA) is 101 Å². The van der Waals surface area contributed by atoms with Crippen LogP contribution in [0.15, 0.2) is 23.3 Å². The summed E-state index contributed by atoms with van der Waals surface area (Å²) < 4.78 is 5.62. The summed E-state index contributed by atoms with van der Waals surface area (Å²) in [4.78, 5) is 12.9. The van der Waals surface area contributed by atoms with Crippen molar-refractivity contribution in [2.75, 3.05) is 0 Å². The molecule has 1 aliphatic heterocycles. The Morgan fingerprint density at radius 3 is 2.83 bits per heavy atom. The largest absolute Gasteiger partial charge is 0.483 e. The molecule has 0 aliphatic carbocycles. The summed E-state index contributed by atoms with van der Waals surface area (Å²) in [7, 11) is 0. The minimum absolute atomic E-state index is 0.0193. The van der Waals surface area contributed by atoms with E-state index in [1.807, 2.05) is 19.9 Å². The molecule has 7 heteroatoms. The number of fused-ring (bicyclic) bond motifs is 1. The molecule has 0 aromatic heterocycles. The van der Waals surface area contributed by atoms with Gasteiger partial charge in [-0.25, -0.2) is 0 Å². The predicted octanol–water partition coefficient (Wildman–Crippen LogP) is 3.72. The zero-order valence-electron chi connectivity index (χ0n) is 9.82. The maximum Gasteiger partial charge on any atom is 0.282 e. The highest BCUT2D eigenvalue weighted by Crippen LogP contribution is 2.39. The monoisotopic (exact) mass is 246 g/mol. The first-order valence-electron chi connectivity index (χ1n) is 5.19. The molecule has 1 aromatic carbocycles. The summed E-state index contributed by atoms with van der Waals surface area (Å²) in [5.41, 5.74) is 8.26. The summed E-state index contributed by atoms with van der Waals surface area (Å²) in [5.74, 6) is 0.408.